The molecular weight excluding hydrogens is 458 g/mol. The van der Waals surface area contributed by atoms with Crippen LogP contribution in [-0.2, 0) is 19.1 Å². The van der Waals surface area contributed by atoms with E-state index in [-0.39, 0.29) is 12.4 Å². The van der Waals surface area contributed by atoms with Gasteiger partial charge in [-0.05, 0) is 68.5 Å². The highest BCUT2D eigenvalue weighted by Crippen LogP contribution is 2.19. The summed E-state index contributed by atoms with van der Waals surface area (Å²) in [5.41, 5.74) is 3.14. The van der Waals surface area contributed by atoms with E-state index in [2.05, 4.69) is 10.4 Å². The zero-order valence-electron chi connectivity index (χ0n) is 19.4. The number of likely N-dealkylation sites (N-methyl/N-ethyl adjacent to an activating group) is 1. The van der Waals surface area contributed by atoms with Crippen LogP contribution in [0.4, 0.5) is 14.5 Å². The number of hydrogen-bond acceptors (Lipinski definition) is 5. The van der Waals surface area contributed by atoms with E-state index in [0.717, 1.165) is 10.6 Å². The molecule has 0 aliphatic carbocycles. The monoisotopic (exact) mass is 482 g/mol. The lowest BCUT2D eigenvalue weighted by Crippen LogP contribution is -2.37. The number of carbonyl (C=O) groups excluding carboxylic acids is 3. The Morgan fingerprint density at radius 1 is 1.03 bits per heavy atom. The zero-order chi connectivity index (χ0) is 25.5. The number of amides is 2. The summed E-state index contributed by atoms with van der Waals surface area (Å²) in [5.74, 6) is -2.58. The van der Waals surface area contributed by atoms with Gasteiger partial charge in [0.05, 0.1) is 17.9 Å². The van der Waals surface area contributed by atoms with Crippen molar-refractivity contribution in [3.05, 3.63) is 83.2 Å². The lowest BCUT2D eigenvalue weighted by Gasteiger charge is -2.16. The largest absolute Gasteiger partial charge is 0.452 e. The maximum Gasteiger partial charge on any atom is 0.331 e. The lowest BCUT2D eigenvalue weighted by molar-refractivity contribution is -0.148. The minimum atomic E-state index is -0.740. The van der Waals surface area contributed by atoms with Crippen molar-refractivity contribution < 1.29 is 27.9 Å². The Morgan fingerprint density at radius 2 is 1.63 bits per heavy atom. The molecule has 0 aliphatic heterocycles. The van der Waals surface area contributed by atoms with Crippen LogP contribution in [0, 0.1) is 25.5 Å². The van der Waals surface area contributed by atoms with Crippen molar-refractivity contribution >= 4 is 29.5 Å². The zero-order valence-corrected chi connectivity index (χ0v) is 19.4. The molecule has 0 radical (unpaired) electrons. The first kappa shape index (κ1) is 25.3. The van der Waals surface area contributed by atoms with Gasteiger partial charge in [0.25, 0.3) is 5.91 Å². The Kier molecular flexibility index (Phi) is 8.08. The van der Waals surface area contributed by atoms with Crippen LogP contribution in [0.15, 0.2) is 54.6 Å². The molecule has 0 spiro atoms. The number of hydrogen-bond donors (Lipinski definition) is 1. The molecule has 2 amide bonds. The number of aromatic nitrogens is 2. The molecule has 0 aliphatic rings. The minimum Gasteiger partial charge on any atom is -0.452 e. The second-order valence-electron chi connectivity index (χ2n) is 7.72. The second-order valence-corrected chi connectivity index (χ2v) is 7.72. The van der Waals surface area contributed by atoms with E-state index in [9.17, 15) is 23.2 Å². The van der Waals surface area contributed by atoms with Gasteiger partial charge in [-0.15, -0.1) is 0 Å². The molecule has 0 unspecified atom stereocenters. The number of aryl methyl sites for hydroxylation is 1. The molecule has 0 fully saturated rings. The number of rotatable bonds is 8. The van der Waals surface area contributed by atoms with Gasteiger partial charge in [-0.25, -0.2) is 18.3 Å². The Labute approximate surface area is 200 Å². The molecule has 3 aromatic rings. The SMILES string of the molecule is Cc1nn(-c2ccc(F)cc2)c(C)c1/C=C/C(=O)OCC(=O)N(C)CC(=O)Nc1ccc(F)cc1. The quantitative estimate of drug-likeness (QED) is 0.392. The molecule has 8 nitrogen and oxygen atoms in total. The Hall–Kier alpha value is -4.34. The normalized spacial score (nSPS) is 10.9. The fourth-order valence-electron chi connectivity index (χ4n) is 3.21. The molecule has 1 aromatic heterocycles. The average Bonchev–Trinajstić information content (AvgIpc) is 3.11. The van der Waals surface area contributed by atoms with Gasteiger partial charge >= 0.3 is 5.97 Å². The molecule has 1 N–H and O–H groups in total. The predicted octanol–water partition coefficient (Wildman–Crippen LogP) is 3.42. The molecule has 3 rings (SSSR count). The third-order valence-corrected chi connectivity index (χ3v) is 5.08. The third kappa shape index (κ3) is 6.83. The first-order chi connectivity index (χ1) is 16.6. The van der Waals surface area contributed by atoms with Crippen molar-refractivity contribution in [2.45, 2.75) is 13.8 Å². The topological polar surface area (TPSA) is 93.5 Å². The highest BCUT2D eigenvalue weighted by Gasteiger charge is 2.15. The predicted molar refractivity (Wildman–Crippen MR) is 126 cm³/mol. The van der Waals surface area contributed by atoms with Crippen molar-refractivity contribution in [3.63, 3.8) is 0 Å². The van der Waals surface area contributed by atoms with Crippen molar-refractivity contribution in [1.29, 1.82) is 0 Å². The first-order valence-corrected chi connectivity index (χ1v) is 10.6. The molecular formula is C25H24F2N4O4. The van der Waals surface area contributed by atoms with Gasteiger partial charge in [-0.3, -0.25) is 9.59 Å². The summed E-state index contributed by atoms with van der Waals surface area (Å²) in [6.07, 6.45) is 2.71. The van der Waals surface area contributed by atoms with Gasteiger partial charge in [-0.2, -0.15) is 5.10 Å². The highest BCUT2D eigenvalue weighted by molar-refractivity contribution is 5.95. The fourth-order valence-corrected chi connectivity index (χ4v) is 3.21. The number of ether oxygens (including phenoxy) is 1. The highest BCUT2D eigenvalue weighted by atomic mass is 19.1. The van der Waals surface area contributed by atoms with Crippen LogP contribution in [0.2, 0.25) is 0 Å². The molecule has 35 heavy (non-hydrogen) atoms. The Morgan fingerprint density at radius 3 is 2.26 bits per heavy atom. The first-order valence-electron chi connectivity index (χ1n) is 10.6. The number of nitrogens with one attached hydrogen (secondary N) is 1. The van der Waals surface area contributed by atoms with E-state index in [1.807, 2.05) is 6.92 Å². The summed E-state index contributed by atoms with van der Waals surface area (Å²) in [6, 6.07) is 11.1. The van der Waals surface area contributed by atoms with Crippen LogP contribution in [0.25, 0.3) is 11.8 Å². The molecule has 0 saturated carbocycles. The van der Waals surface area contributed by atoms with Crippen LogP contribution in [-0.4, -0.2) is 52.7 Å². The van der Waals surface area contributed by atoms with Gasteiger partial charge in [-0.1, -0.05) is 0 Å². The van der Waals surface area contributed by atoms with Gasteiger partial charge in [0.1, 0.15) is 11.6 Å². The van der Waals surface area contributed by atoms with Crippen LogP contribution < -0.4 is 5.32 Å². The Bertz CT molecular complexity index is 1250. The maximum atomic E-state index is 13.2. The smallest absolute Gasteiger partial charge is 0.331 e. The van der Waals surface area contributed by atoms with Crippen LogP contribution in [0.3, 0.4) is 0 Å². The maximum absolute atomic E-state index is 13.2. The van der Waals surface area contributed by atoms with Crippen LogP contribution in [0.5, 0.6) is 0 Å². The fraction of sp³-hybridized carbons (Fsp3) is 0.200. The van der Waals surface area contributed by atoms with Crippen molar-refractivity contribution in [2.24, 2.45) is 0 Å². The molecule has 0 bridgehead atoms. The molecule has 10 heteroatoms. The summed E-state index contributed by atoms with van der Waals surface area (Å²) in [4.78, 5) is 37.5. The second kappa shape index (κ2) is 11.2. The molecule has 2 aromatic carbocycles. The lowest BCUT2D eigenvalue weighted by atomic mass is 10.2. The summed E-state index contributed by atoms with van der Waals surface area (Å²) in [5, 5.41) is 6.96. The van der Waals surface area contributed by atoms with Crippen LogP contribution >= 0.6 is 0 Å². The number of nitrogens with zero attached hydrogens (tertiary/aromatic N) is 3. The van der Waals surface area contributed by atoms with Crippen molar-refractivity contribution in [2.75, 3.05) is 25.5 Å². The van der Waals surface area contributed by atoms with Gasteiger partial charge in [0, 0.05) is 30.1 Å². The molecule has 0 saturated heterocycles. The van der Waals surface area contributed by atoms with E-state index in [1.54, 1.807) is 23.7 Å². The van der Waals surface area contributed by atoms with Gasteiger partial charge in [0.15, 0.2) is 6.61 Å². The van der Waals surface area contributed by atoms with E-state index in [4.69, 9.17) is 4.74 Å². The summed E-state index contributed by atoms with van der Waals surface area (Å²) in [7, 11) is 1.40. The summed E-state index contributed by atoms with van der Waals surface area (Å²) in [6.45, 7) is 2.76. The van der Waals surface area contributed by atoms with Gasteiger partial charge in [0.2, 0.25) is 5.91 Å². The minimum absolute atomic E-state index is 0.273. The van der Waals surface area contributed by atoms with Crippen LogP contribution in [0.1, 0.15) is 17.0 Å². The number of carbonyl (C=O) groups is 3. The summed E-state index contributed by atoms with van der Waals surface area (Å²) < 4.78 is 32.7. The molecule has 182 valence electrons. The average molecular weight is 482 g/mol. The van der Waals surface area contributed by atoms with Crippen molar-refractivity contribution in [3.8, 4) is 5.69 Å². The van der Waals surface area contributed by atoms with E-state index >= 15 is 0 Å². The number of halogens is 2. The summed E-state index contributed by atoms with van der Waals surface area (Å²) >= 11 is 0. The number of esters is 1. The Balaban J connectivity index is 1.51. The molecule has 1 heterocycles. The third-order valence-electron chi connectivity index (χ3n) is 5.08. The number of benzene rings is 2. The molecule has 0 atom stereocenters. The van der Waals surface area contributed by atoms with E-state index in [0.29, 0.717) is 22.6 Å². The van der Waals surface area contributed by atoms with E-state index in [1.165, 1.54) is 55.6 Å². The van der Waals surface area contributed by atoms with E-state index < -0.39 is 30.2 Å². The number of anilines is 1. The standard InChI is InChI=1S/C25H24F2N4O4/c1-16-22(17(2)31(29-16)21-10-6-19(27)7-11-21)12-13-25(34)35-15-24(33)30(3)14-23(32)28-20-8-4-18(26)5-9-20/h4-13H,14-15H2,1-3H3,(H,28,32)/b13-12+. The van der Waals surface area contributed by atoms with Crippen molar-refractivity contribution in [1.82, 2.24) is 14.7 Å². The van der Waals surface area contributed by atoms with Gasteiger partial charge < -0.3 is 15.0 Å².